The van der Waals surface area contributed by atoms with Gasteiger partial charge in [0.25, 0.3) is 11.5 Å². The number of amides is 1. The highest BCUT2D eigenvalue weighted by atomic mass is 32.1. The predicted octanol–water partition coefficient (Wildman–Crippen LogP) is 3.01. The van der Waals surface area contributed by atoms with E-state index in [1.165, 1.54) is 11.2 Å². The number of furan rings is 1. The van der Waals surface area contributed by atoms with Crippen molar-refractivity contribution in [2.45, 2.75) is 19.5 Å². The second kappa shape index (κ2) is 7.52. The zero-order chi connectivity index (χ0) is 22.6. The van der Waals surface area contributed by atoms with Crippen LogP contribution in [-0.2, 0) is 19.5 Å². The van der Waals surface area contributed by atoms with Crippen LogP contribution >= 0.6 is 11.3 Å². The second-order valence-corrected chi connectivity index (χ2v) is 8.44. The minimum atomic E-state index is -1.28. The highest BCUT2D eigenvalue weighted by Gasteiger charge is 2.30. The Balaban J connectivity index is 1.52. The molecule has 1 aromatic carbocycles. The average molecular weight is 461 g/mol. The maximum Gasteiger partial charge on any atom is 0.329 e. The van der Waals surface area contributed by atoms with Crippen LogP contribution in [-0.4, -0.2) is 26.9 Å². The summed E-state index contributed by atoms with van der Waals surface area (Å²) in [6, 6.07) is 4.21. The number of hydrogen-bond donors (Lipinski definition) is 1. The number of thiophene rings is 1. The molecule has 1 aliphatic rings. The molecule has 3 aromatic heterocycles. The number of nitrogens with zero attached hydrogens (tertiary/aromatic N) is 2. The van der Waals surface area contributed by atoms with Crippen molar-refractivity contribution >= 4 is 27.5 Å². The second-order valence-electron chi connectivity index (χ2n) is 7.33. The highest BCUT2D eigenvalue weighted by molar-refractivity contribution is 7.18. The number of hydrogen-bond acceptors (Lipinski definition) is 5. The van der Waals surface area contributed by atoms with Crippen LogP contribution in [0.4, 0.5) is 13.2 Å². The summed E-state index contributed by atoms with van der Waals surface area (Å²) in [5.74, 6) is -4.13. The van der Waals surface area contributed by atoms with Crippen molar-refractivity contribution in [2.75, 3.05) is 6.54 Å². The van der Waals surface area contributed by atoms with E-state index in [-0.39, 0.29) is 26.1 Å². The topological polar surface area (TPSA) is 88.3 Å². The standard InChI is InChI=1S/C21H14F3N3O4S/c22-10-6-13(23)17(14(24)7-10)19(28)26-4-3-12-15(9-26)32-18-16(12)20(29)27(21(30)25-18)8-11-2-1-5-31-11/h1-2,5-7H,3-4,8-9H2,(H,25,30). The SMILES string of the molecule is O=C(c1c(F)cc(F)cc1F)N1CCc2c(sc3[nH]c(=O)n(Cc4ccco4)c(=O)c23)C1. The van der Waals surface area contributed by atoms with Crippen LogP contribution in [0.15, 0.2) is 44.5 Å². The van der Waals surface area contributed by atoms with Gasteiger partial charge in [0.1, 0.15) is 33.6 Å². The van der Waals surface area contributed by atoms with E-state index in [1.54, 1.807) is 12.1 Å². The number of carbonyl (C=O) groups excluding carboxylic acids is 1. The van der Waals surface area contributed by atoms with Gasteiger partial charge in [0, 0.05) is 23.6 Å². The van der Waals surface area contributed by atoms with Gasteiger partial charge in [-0.05, 0) is 24.1 Å². The molecule has 1 aliphatic heterocycles. The zero-order valence-electron chi connectivity index (χ0n) is 16.3. The molecule has 7 nitrogen and oxygen atoms in total. The molecule has 0 fully saturated rings. The van der Waals surface area contributed by atoms with Gasteiger partial charge in [0.2, 0.25) is 0 Å². The summed E-state index contributed by atoms with van der Waals surface area (Å²) in [6.45, 7) is 0.0730. The van der Waals surface area contributed by atoms with E-state index in [2.05, 4.69) is 4.98 Å². The van der Waals surface area contributed by atoms with E-state index in [0.717, 1.165) is 15.9 Å². The van der Waals surface area contributed by atoms with Crippen molar-refractivity contribution < 1.29 is 22.4 Å². The fraction of sp³-hybridized carbons (Fsp3) is 0.190. The average Bonchev–Trinajstić information content (AvgIpc) is 3.36. The summed E-state index contributed by atoms with van der Waals surface area (Å²) in [5.41, 5.74) is -1.22. The van der Waals surface area contributed by atoms with E-state index in [0.29, 0.717) is 38.6 Å². The Morgan fingerprint density at radius 2 is 1.94 bits per heavy atom. The Morgan fingerprint density at radius 3 is 2.62 bits per heavy atom. The predicted molar refractivity (Wildman–Crippen MR) is 109 cm³/mol. The molecule has 4 heterocycles. The quantitative estimate of drug-likeness (QED) is 0.508. The molecule has 0 aliphatic carbocycles. The van der Waals surface area contributed by atoms with Crippen molar-refractivity contribution in [3.63, 3.8) is 0 Å². The fourth-order valence-corrected chi connectivity index (χ4v) is 5.13. The van der Waals surface area contributed by atoms with Gasteiger partial charge < -0.3 is 9.32 Å². The molecule has 0 atom stereocenters. The Labute approximate surface area is 181 Å². The third kappa shape index (κ3) is 3.25. The molecule has 5 rings (SSSR count). The summed E-state index contributed by atoms with van der Waals surface area (Å²) in [7, 11) is 0. The van der Waals surface area contributed by atoms with E-state index < -0.39 is 40.2 Å². The van der Waals surface area contributed by atoms with Gasteiger partial charge in [0.15, 0.2) is 0 Å². The van der Waals surface area contributed by atoms with Crippen LogP contribution in [0.25, 0.3) is 10.2 Å². The van der Waals surface area contributed by atoms with E-state index >= 15 is 0 Å². The third-order valence-electron chi connectivity index (χ3n) is 5.38. The van der Waals surface area contributed by atoms with E-state index in [4.69, 9.17) is 4.42 Å². The van der Waals surface area contributed by atoms with Crippen molar-refractivity contribution in [1.29, 1.82) is 0 Å². The molecule has 1 amide bonds. The van der Waals surface area contributed by atoms with Gasteiger partial charge in [-0.15, -0.1) is 11.3 Å². The minimum absolute atomic E-state index is 0.00340. The maximum absolute atomic E-state index is 14.1. The first-order valence-corrected chi connectivity index (χ1v) is 10.4. The number of aromatic amines is 1. The summed E-state index contributed by atoms with van der Waals surface area (Å²) < 4.78 is 47.6. The van der Waals surface area contributed by atoms with Crippen LogP contribution in [0.5, 0.6) is 0 Å². The van der Waals surface area contributed by atoms with Crippen molar-refractivity contribution in [3.05, 3.63) is 90.6 Å². The summed E-state index contributed by atoms with van der Waals surface area (Å²) >= 11 is 1.14. The first kappa shape index (κ1) is 20.3. The van der Waals surface area contributed by atoms with E-state index in [9.17, 15) is 27.6 Å². The van der Waals surface area contributed by atoms with Crippen molar-refractivity contribution in [1.82, 2.24) is 14.5 Å². The first-order valence-electron chi connectivity index (χ1n) is 9.57. The molecular weight excluding hydrogens is 447 g/mol. The van der Waals surface area contributed by atoms with Crippen molar-refractivity contribution in [2.24, 2.45) is 0 Å². The molecule has 164 valence electrons. The number of nitrogens with one attached hydrogen (secondary N) is 1. The smallest absolute Gasteiger partial charge is 0.329 e. The van der Waals surface area contributed by atoms with Crippen LogP contribution in [0.3, 0.4) is 0 Å². The third-order valence-corrected chi connectivity index (χ3v) is 6.52. The highest BCUT2D eigenvalue weighted by Crippen LogP contribution is 2.33. The number of halogens is 3. The monoisotopic (exact) mass is 461 g/mol. The number of carbonyl (C=O) groups is 1. The Hall–Kier alpha value is -3.60. The van der Waals surface area contributed by atoms with Crippen LogP contribution in [0.1, 0.15) is 26.6 Å². The van der Waals surface area contributed by atoms with Crippen LogP contribution in [0, 0.1) is 17.5 Å². The molecule has 0 saturated heterocycles. The lowest BCUT2D eigenvalue weighted by Gasteiger charge is -2.27. The number of rotatable bonds is 3. The first-order chi connectivity index (χ1) is 15.3. The molecule has 4 aromatic rings. The summed E-state index contributed by atoms with van der Waals surface area (Å²) in [4.78, 5) is 43.2. The van der Waals surface area contributed by atoms with E-state index in [1.807, 2.05) is 0 Å². The molecule has 32 heavy (non-hydrogen) atoms. The molecule has 0 unspecified atom stereocenters. The zero-order valence-corrected chi connectivity index (χ0v) is 17.1. The van der Waals surface area contributed by atoms with Gasteiger partial charge in [-0.2, -0.15) is 0 Å². The Bertz CT molecular complexity index is 1460. The lowest BCUT2D eigenvalue weighted by Crippen LogP contribution is -2.37. The largest absolute Gasteiger partial charge is 0.467 e. The molecule has 0 spiro atoms. The van der Waals surface area contributed by atoms with Gasteiger partial charge in [0.05, 0.1) is 24.7 Å². The fourth-order valence-electron chi connectivity index (χ4n) is 3.89. The summed E-state index contributed by atoms with van der Waals surface area (Å²) in [6.07, 6.45) is 1.70. The van der Waals surface area contributed by atoms with Gasteiger partial charge >= 0.3 is 5.69 Å². The Morgan fingerprint density at radius 1 is 1.19 bits per heavy atom. The van der Waals surface area contributed by atoms with Crippen LogP contribution < -0.4 is 11.2 Å². The number of H-pyrrole nitrogens is 1. The molecule has 11 heteroatoms. The minimum Gasteiger partial charge on any atom is -0.467 e. The lowest BCUT2D eigenvalue weighted by atomic mass is 10.0. The molecule has 0 bridgehead atoms. The number of aromatic nitrogens is 2. The van der Waals surface area contributed by atoms with Gasteiger partial charge in [-0.3, -0.25) is 19.1 Å². The van der Waals surface area contributed by atoms with Crippen molar-refractivity contribution in [3.8, 4) is 0 Å². The summed E-state index contributed by atoms with van der Waals surface area (Å²) in [5, 5.41) is 0.349. The molecule has 1 N–H and O–H groups in total. The van der Waals surface area contributed by atoms with Crippen LogP contribution in [0.2, 0.25) is 0 Å². The lowest BCUT2D eigenvalue weighted by molar-refractivity contribution is 0.0727. The van der Waals surface area contributed by atoms with Gasteiger partial charge in [-0.1, -0.05) is 0 Å². The maximum atomic E-state index is 14.1. The number of benzene rings is 1. The molecule has 0 radical (unpaired) electrons. The Kier molecular flexibility index (Phi) is 4.77. The van der Waals surface area contributed by atoms with Gasteiger partial charge in [-0.25, -0.2) is 18.0 Å². The molecular formula is C21H14F3N3O4S. The number of fused-ring (bicyclic) bond motifs is 3. The normalized spacial score (nSPS) is 13.5. The molecule has 0 saturated carbocycles.